The van der Waals surface area contributed by atoms with Gasteiger partial charge in [-0.1, -0.05) is 0 Å². The molecule has 1 aliphatic carbocycles. The molecule has 0 aromatic heterocycles. The molecule has 2 rings (SSSR count). The van der Waals surface area contributed by atoms with E-state index in [-0.39, 0.29) is 11.9 Å². The van der Waals surface area contributed by atoms with E-state index in [0.29, 0.717) is 30.6 Å². The second kappa shape index (κ2) is 3.88. The van der Waals surface area contributed by atoms with Crippen LogP contribution in [0.5, 0.6) is 0 Å². The molecule has 0 aromatic rings. The van der Waals surface area contributed by atoms with Gasteiger partial charge in [0, 0.05) is 19.3 Å². The second-order valence-electron chi connectivity index (χ2n) is 3.67. The fourth-order valence-electron chi connectivity index (χ4n) is 1.89. The van der Waals surface area contributed by atoms with Crippen LogP contribution in [-0.4, -0.2) is 18.9 Å². The first-order chi connectivity index (χ1) is 7.20. The van der Waals surface area contributed by atoms with Crippen molar-refractivity contribution < 1.29 is 19.1 Å². The lowest BCUT2D eigenvalue weighted by atomic mass is 9.93. The molecule has 0 spiro atoms. The molecule has 0 aromatic carbocycles. The fraction of sp³-hybridized carbons (Fsp3) is 0.455. The van der Waals surface area contributed by atoms with E-state index in [0.717, 1.165) is 12.2 Å². The third kappa shape index (κ3) is 1.93. The Labute approximate surface area is 87.5 Å². The smallest absolute Gasteiger partial charge is 0.307 e. The summed E-state index contributed by atoms with van der Waals surface area (Å²) in [5.41, 5.74) is 0.415. The molecule has 0 saturated carbocycles. The summed E-state index contributed by atoms with van der Waals surface area (Å²) in [5.74, 6) is 1.19. The summed E-state index contributed by atoms with van der Waals surface area (Å²) >= 11 is 0. The summed E-state index contributed by atoms with van der Waals surface area (Å²) < 4.78 is 10.4. The van der Waals surface area contributed by atoms with Crippen LogP contribution in [0, 0.1) is 5.92 Å². The predicted octanol–water partition coefficient (Wildman–Crippen LogP) is 1.33. The summed E-state index contributed by atoms with van der Waals surface area (Å²) in [6.07, 6.45) is 3.87. The highest BCUT2D eigenvalue weighted by atomic mass is 16.5. The maximum Gasteiger partial charge on any atom is 0.307 e. The van der Waals surface area contributed by atoms with Crippen LogP contribution in [0.1, 0.15) is 19.8 Å². The average molecular weight is 208 g/mol. The predicted molar refractivity (Wildman–Crippen MR) is 51.6 cm³/mol. The van der Waals surface area contributed by atoms with Crippen LogP contribution in [0.4, 0.5) is 0 Å². The number of rotatable bonds is 2. The standard InChI is InChI=1S/C11H12O4/c1-7(13)15-11-4-8-2-3-14-10(8)5-9(11)6-12/h5-6,8H,2-4H2,1H3. The summed E-state index contributed by atoms with van der Waals surface area (Å²) in [6.45, 7) is 2.01. The van der Waals surface area contributed by atoms with Gasteiger partial charge in [-0.3, -0.25) is 9.59 Å². The van der Waals surface area contributed by atoms with Crippen LogP contribution in [0.2, 0.25) is 0 Å². The molecule has 1 heterocycles. The van der Waals surface area contributed by atoms with Gasteiger partial charge in [-0.15, -0.1) is 0 Å². The largest absolute Gasteiger partial charge is 0.498 e. The Hall–Kier alpha value is -1.58. The molecule has 15 heavy (non-hydrogen) atoms. The van der Waals surface area contributed by atoms with E-state index >= 15 is 0 Å². The van der Waals surface area contributed by atoms with Crippen molar-refractivity contribution in [1.29, 1.82) is 0 Å². The van der Waals surface area contributed by atoms with Gasteiger partial charge in [0.25, 0.3) is 0 Å². The van der Waals surface area contributed by atoms with E-state index in [1.54, 1.807) is 6.08 Å². The van der Waals surface area contributed by atoms with E-state index in [2.05, 4.69) is 0 Å². The number of ether oxygens (including phenoxy) is 2. The molecular weight excluding hydrogens is 196 g/mol. The quantitative estimate of drug-likeness (QED) is 0.507. The number of hydrogen-bond acceptors (Lipinski definition) is 4. The van der Waals surface area contributed by atoms with Crippen LogP contribution in [0.25, 0.3) is 0 Å². The molecule has 80 valence electrons. The Morgan fingerprint density at radius 2 is 2.47 bits per heavy atom. The minimum absolute atomic E-state index is 0.267. The second-order valence-corrected chi connectivity index (χ2v) is 3.67. The lowest BCUT2D eigenvalue weighted by Crippen LogP contribution is -2.12. The van der Waals surface area contributed by atoms with Gasteiger partial charge in [0.1, 0.15) is 11.5 Å². The molecule has 0 amide bonds. The van der Waals surface area contributed by atoms with Gasteiger partial charge in [0.05, 0.1) is 12.2 Å². The summed E-state index contributed by atoms with van der Waals surface area (Å²) in [6, 6.07) is 0. The van der Waals surface area contributed by atoms with E-state index in [1.807, 2.05) is 0 Å². The Balaban J connectivity index is 2.26. The minimum Gasteiger partial charge on any atom is -0.498 e. The maximum atomic E-state index is 10.8. The normalized spacial score (nSPS) is 24.1. The van der Waals surface area contributed by atoms with Gasteiger partial charge >= 0.3 is 5.97 Å². The van der Waals surface area contributed by atoms with Gasteiger partial charge in [-0.05, 0) is 12.5 Å². The Kier molecular flexibility index (Phi) is 2.58. The number of hydrogen-bond donors (Lipinski definition) is 0. The first kappa shape index (κ1) is 9.96. The summed E-state index contributed by atoms with van der Waals surface area (Å²) in [7, 11) is 0. The molecule has 1 atom stereocenters. The van der Waals surface area contributed by atoms with Crippen LogP contribution in [0.3, 0.4) is 0 Å². The van der Waals surface area contributed by atoms with Crippen molar-refractivity contribution in [2.45, 2.75) is 19.8 Å². The van der Waals surface area contributed by atoms with Crippen molar-refractivity contribution in [3.63, 3.8) is 0 Å². The molecule has 1 fully saturated rings. The number of aldehydes is 1. The topological polar surface area (TPSA) is 52.6 Å². The number of carbonyl (C=O) groups excluding carboxylic acids is 2. The molecule has 4 heteroatoms. The van der Waals surface area contributed by atoms with Crippen LogP contribution < -0.4 is 0 Å². The SMILES string of the molecule is CC(=O)OC1=C(C=O)C=C2OCCC2C1. The van der Waals surface area contributed by atoms with Gasteiger partial charge in [0.15, 0.2) is 6.29 Å². The zero-order chi connectivity index (χ0) is 10.8. The van der Waals surface area contributed by atoms with Crippen molar-refractivity contribution in [1.82, 2.24) is 0 Å². The molecule has 1 saturated heterocycles. The van der Waals surface area contributed by atoms with Crippen LogP contribution in [0.15, 0.2) is 23.2 Å². The highest BCUT2D eigenvalue weighted by molar-refractivity contribution is 5.80. The van der Waals surface area contributed by atoms with Crippen molar-refractivity contribution >= 4 is 12.3 Å². The molecule has 0 N–H and O–H groups in total. The first-order valence-corrected chi connectivity index (χ1v) is 4.92. The maximum absolute atomic E-state index is 10.8. The van der Waals surface area contributed by atoms with Crippen molar-refractivity contribution in [2.75, 3.05) is 6.61 Å². The highest BCUT2D eigenvalue weighted by Crippen LogP contribution is 2.36. The zero-order valence-corrected chi connectivity index (χ0v) is 8.49. The molecular formula is C11H12O4. The molecule has 0 radical (unpaired) electrons. The Bertz CT molecular complexity index is 365. The third-order valence-corrected chi connectivity index (χ3v) is 2.58. The molecule has 1 aliphatic heterocycles. The number of esters is 1. The summed E-state index contributed by atoms with van der Waals surface area (Å²) in [5, 5.41) is 0. The monoisotopic (exact) mass is 208 g/mol. The Morgan fingerprint density at radius 3 is 3.13 bits per heavy atom. The lowest BCUT2D eigenvalue weighted by molar-refractivity contribution is -0.137. The van der Waals surface area contributed by atoms with Gasteiger partial charge < -0.3 is 9.47 Å². The van der Waals surface area contributed by atoms with Gasteiger partial charge in [0.2, 0.25) is 0 Å². The molecule has 1 unspecified atom stereocenters. The minimum atomic E-state index is -0.389. The van der Waals surface area contributed by atoms with Crippen LogP contribution >= 0.6 is 0 Å². The zero-order valence-electron chi connectivity index (χ0n) is 8.49. The van der Waals surface area contributed by atoms with Crippen LogP contribution in [-0.2, 0) is 19.1 Å². The number of allylic oxidation sites excluding steroid dienone is 4. The molecule has 2 aliphatic rings. The fourth-order valence-corrected chi connectivity index (χ4v) is 1.89. The van der Waals surface area contributed by atoms with E-state index in [1.165, 1.54) is 6.92 Å². The molecule has 0 bridgehead atoms. The summed E-state index contributed by atoms with van der Waals surface area (Å²) in [4.78, 5) is 21.6. The number of fused-ring (bicyclic) bond motifs is 1. The van der Waals surface area contributed by atoms with E-state index < -0.39 is 0 Å². The van der Waals surface area contributed by atoms with Gasteiger partial charge in [-0.2, -0.15) is 0 Å². The highest BCUT2D eigenvalue weighted by Gasteiger charge is 2.30. The van der Waals surface area contributed by atoms with Gasteiger partial charge in [-0.25, -0.2) is 0 Å². The van der Waals surface area contributed by atoms with E-state index in [4.69, 9.17) is 9.47 Å². The average Bonchev–Trinajstić information content (AvgIpc) is 2.62. The lowest BCUT2D eigenvalue weighted by Gasteiger charge is -2.18. The Morgan fingerprint density at radius 1 is 1.67 bits per heavy atom. The van der Waals surface area contributed by atoms with Crippen molar-refractivity contribution in [3.8, 4) is 0 Å². The third-order valence-electron chi connectivity index (χ3n) is 2.58. The molecule has 4 nitrogen and oxygen atoms in total. The van der Waals surface area contributed by atoms with Crippen molar-refractivity contribution in [2.24, 2.45) is 5.92 Å². The van der Waals surface area contributed by atoms with E-state index in [9.17, 15) is 9.59 Å². The first-order valence-electron chi connectivity index (χ1n) is 4.92. The number of carbonyl (C=O) groups is 2. The van der Waals surface area contributed by atoms with Crippen molar-refractivity contribution in [3.05, 3.63) is 23.2 Å².